The quantitative estimate of drug-likeness (QED) is 0.288. The van der Waals surface area contributed by atoms with Gasteiger partial charge in [-0.3, -0.25) is 4.98 Å². The maximum atomic E-state index is 12.2. The lowest BCUT2D eigenvalue weighted by atomic mass is 10.2. The monoisotopic (exact) mass is 518 g/mol. The van der Waals surface area contributed by atoms with Crippen LogP contribution in [0.1, 0.15) is 11.5 Å². The maximum Gasteiger partial charge on any atom is 0.411 e. The van der Waals surface area contributed by atoms with Gasteiger partial charge >= 0.3 is 6.18 Å². The fourth-order valence-corrected chi connectivity index (χ4v) is 2.94. The highest BCUT2D eigenvalue weighted by atomic mass is 19.4. The van der Waals surface area contributed by atoms with Crippen LogP contribution in [0.4, 0.5) is 18.9 Å². The minimum absolute atomic E-state index is 0.0457. The first-order valence-corrected chi connectivity index (χ1v) is 10.8. The van der Waals surface area contributed by atoms with Crippen molar-refractivity contribution in [2.45, 2.75) is 12.8 Å². The lowest BCUT2D eigenvalue weighted by Crippen LogP contribution is -2.27. The molecule has 0 fully saturated rings. The zero-order chi connectivity index (χ0) is 26.8. The number of anilines is 1. The lowest BCUT2D eigenvalue weighted by molar-refractivity contribution is -0.176. The number of nitrogens with zero attached hydrogens (tertiary/aromatic N) is 6. The Morgan fingerprint density at radius 2 is 1.89 bits per heavy atom. The average Bonchev–Trinajstić information content (AvgIpc) is 3.35. The number of ether oxygens (including phenoxy) is 2. The molecular formula is C23H25F3N8O3. The predicted molar refractivity (Wildman–Crippen MR) is 130 cm³/mol. The van der Waals surface area contributed by atoms with Gasteiger partial charge in [-0.1, -0.05) is 29.9 Å². The van der Waals surface area contributed by atoms with E-state index in [0.717, 1.165) is 5.69 Å². The number of hydrogen-bond donors (Lipinski definition) is 2. The zero-order valence-corrected chi connectivity index (χ0v) is 19.9. The number of benzene rings is 1. The van der Waals surface area contributed by atoms with E-state index in [1.807, 2.05) is 30.3 Å². The Morgan fingerprint density at radius 1 is 1.14 bits per heavy atom. The lowest BCUT2D eigenvalue weighted by Gasteiger charge is -2.23. The number of aromatic nitrogens is 3. The van der Waals surface area contributed by atoms with Crippen molar-refractivity contribution in [1.82, 2.24) is 15.1 Å². The number of alkyl halides is 3. The molecule has 0 amide bonds. The van der Waals surface area contributed by atoms with Crippen LogP contribution >= 0.6 is 0 Å². The van der Waals surface area contributed by atoms with Gasteiger partial charge in [-0.15, -0.1) is 0 Å². The van der Waals surface area contributed by atoms with E-state index in [0.29, 0.717) is 30.2 Å². The molecule has 0 aliphatic heterocycles. The molecule has 2 aromatic heterocycles. The average molecular weight is 519 g/mol. The summed E-state index contributed by atoms with van der Waals surface area (Å²) in [5, 5.41) is 3.77. The van der Waals surface area contributed by atoms with Crippen molar-refractivity contribution in [3.8, 4) is 11.5 Å². The molecule has 0 atom stereocenters. The number of guanidine groups is 1. The highest BCUT2D eigenvalue weighted by Crippen LogP contribution is 2.19. The van der Waals surface area contributed by atoms with Crippen molar-refractivity contribution >= 4 is 17.5 Å². The van der Waals surface area contributed by atoms with Gasteiger partial charge in [0, 0.05) is 25.5 Å². The summed E-state index contributed by atoms with van der Waals surface area (Å²) in [4.78, 5) is 18.2. The topological polar surface area (TPSA) is 150 Å². The number of methoxy groups -OCH3 is 1. The second-order valence-corrected chi connectivity index (χ2v) is 7.43. The van der Waals surface area contributed by atoms with Crippen LogP contribution < -0.4 is 16.4 Å². The van der Waals surface area contributed by atoms with Crippen LogP contribution in [-0.4, -0.2) is 60.0 Å². The van der Waals surface area contributed by atoms with E-state index in [2.05, 4.69) is 36.4 Å². The molecule has 14 heteroatoms. The molecule has 0 bridgehead atoms. The van der Waals surface area contributed by atoms with E-state index < -0.39 is 12.8 Å². The van der Waals surface area contributed by atoms with E-state index in [-0.39, 0.29) is 30.1 Å². The number of halogens is 3. The number of rotatable bonds is 11. The molecule has 0 saturated heterocycles. The van der Waals surface area contributed by atoms with Gasteiger partial charge in [0.15, 0.2) is 5.84 Å². The van der Waals surface area contributed by atoms with Crippen LogP contribution in [0.2, 0.25) is 0 Å². The Morgan fingerprint density at radius 3 is 2.54 bits per heavy atom. The first-order chi connectivity index (χ1) is 17.7. The summed E-state index contributed by atoms with van der Waals surface area (Å²) < 4.78 is 51.5. The van der Waals surface area contributed by atoms with Gasteiger partial charge in [0.2, 0.25) is 11.8 Å². The second-order valence-electron chi connectivity index (χ2n) is 7.43. The summed E-state index contributed by atoms with van der Waals surface area (Å²) >= 11 is 0. The van der Waals surface area contributed by atoms with Crippen LogP contribution in [0.15, 0.2) is 75.6 Å². The molecule has 0 saturated carbocycles. The molecule has 0 aliphatic rings. The van der Waals surface area contributed by atoms with Crippen LogP contribution in [0.25, 0.3) is 11.5 Å². The summed E-state index contributed by atoms with van der Waals surface area (Å²) in [5.74, 6) is -0.000295. The van der Waals surface area contributed by atoms with Gasteiger partial charge < -0.3 is 30.4 Å². The summed E-state index contributed by atoms with van der Waals surface area (Å²) in [6.07, 6.45) is -3.05. The predicted octanol–water partition coefficient (Wildman–Crippen LogP) is 2.85. The van der Waals surface area contributed by atoms with E-state index in [1.165, 1.54) is 12.3 Å². The minimum Gasteiger partial charge on any atom is -0.383 e. The SMILES string of the molecule is C=C(N=C(N)N=C(N)c1noc(-c2ccc(COCC(F)(F)F)nc2)n1)N(CCOC)c1ccccc1. The van der Waals surface area contributed by atoms with Crippen LogP contribution in [-0.2, 0) is 16.1 Å². The summed E-state index contributed by atoms with van der Waals surface area (Å²) in [5.41, 5.74) is 13.5. The van der Waals surface area contributed by atoms with Crippen LogP contribution in [0, 0.1) is 0 Å². The number of amidine groups is 1. The Hall–Kier alpha value is -4.30. The fraction of sp³-hybridized carbons (Fsp3) is 0.261. The number of para-hydroxylation sites is 1. The largest absolute Gasteiger partial charge is 0.411 e. The van der Waals surface area contributed by atoms with Crippen LogP contribution in [0.3, 0.4) is 0 Å². The van der Waals surface area contributed by atoms with Crippen molar-refractivity contribution in [3.05, 3.63) is 72.6 Å². The van der Waals surface area contributed by atoms with Gasteiger partial charge in [0.05, 0.1) is 24.5 Å². The van der Waals surface area contributed by atoms with Crippen molar-refractivity contribution in [2.24, 2.45) is 21.5 Å². The van der Waals surface area contributed by atoms with Gasteiger partial charge in [-0.25, -0.2) is 0 Å². The van der Waals surface area contributed by atoms with Crippen LogP contribution in [0.5, 0.6) is 0 Å². The summed E-state index contributed by atoms with van der Waals surface area (Å²) in [6, 6.07) is 12.5. The molecule has 3 rings (SSSR count). The molecule has 11 nitrogen and oxygen atoms in total. The highest BCUT2D eigenvalue weighted by molar-refractivity contribution is 6.02. The van der Waals surface area contributed by atoms with E-state index in [4.69, 9.17) is 20.7 Å². The molecule has 1 aromatic carbocycles. The van der Waals surface area contributed by atoms with Crippen molar-refractivity contribution in [3.63, 3.8) is 0 Å². The number of pyridine rings is 1. The zero-order valence-electron chi connectivity index (χ0n) is 19.9. The third-order valence-corrected chi connectivity index (χ3v) is 4.62. The number of hydrogen-bond acceptors (Lipinski definition) is 8. The van der Waals surface area contributed by atoms with Gasteiger partial charge in [0.25, 0.3) is 5.89 Å². The Balaban J connectivity index is 1.67. The molecule has 37 heavy (non-hydrogen) atoms. The first kappa shape index (κ1) is 27.3. The highest BCUT2D eigenvalue weighted by Gasteiger charge is 2.27. The molecule has 196 valence electrons. The second kappa shape index (κ2) is 12.6. The van der Waals surface area contributed by atoms with E-state index in [1.54, 1.807) is 18.1 Å². The first-order valence-electron chi connectivity index (χ1n) is 10.8. The molecule has 0 radical (unpaired) electrons. The van der Waals surface area contributed by atoms with Gasteiger partial charge in [-0.05, 0) is 24.3 Å². The molecule has 0 spiro atoms. The van der Waals surface area contributed by atoms with Gasteiger partial charge in [-0.2, -0.15) is 28.1 Å². The van der Waals surface area contributed by atoms with Crippen molar-refractivity contribution < 1.29 is 27.2 Å². The third-order valence-electron chi connectivity index (χ3n) is 4.62. The van der Waals surface area contributed by atoms with Crippen molar-refractivity contribution in [2.75, 3.05) is 31.8 Å². The number of nitrogens with two attached hydrogens (primary N) is 2. The smallest absolute Gasteiger partial charge is 0.383 e. The standard InChI is InChI=1S/C23H25F3N8O3/c1-15(34(10-11-35-2)18-6-4-3-5-7-18)30-22(28)31-19(27)20-32-21(37-33-20)16-8-9-17(29-12-16)13-36-14-23(24,25)26/h3-9,12H,1,10-11,13-14H2,2H3,(H4,27,28,30,31). The third kappa shape index (κ3) is 8.40. The molecular weight excluding hydrogens is 493 g/mol. The Kier molecular flexibility index (Phi) is 9.29. The van der Waals surface area contributed by atoms with Crippen molar-refractivity contribution in [1.29, 1.82) is 0 Å². The van der Waals surface area contributed by atoms with E-state index >= 15 is 0 Å². The molecule has 0 unspecified atom stereocenters. The molecule has 3 aromatic rings. The van der Waals surface area contributed by atoms with E-state index in [9.17, 15) is 13.2 Å². The van der Waals surface area contributed by atoms with Gasteiger partial charge in [0.1, 0.15) is 12.4 Å². The molecule has 2 heterocycles. The Bertz CT molecular complexity index is 1230. The molecule has 4 N–H and O–H groups in total. The summed E-state index contributed by atoms with van der Waals surface area (Å²) in [7, 11) is 1.59. The molecule has 0 aliphatic carbocycles. The minimum atomic E-state index is -4.41. The summed E-state index contributed by atoms with van der Waals surface area (Å²) in [6.45, 7) is 3.20. The maximum absolute atomic E-state index is 12.2. The fourth-order valence-electron chi connectivity index (χ4n) is 2.94. The Labute approximate surface area is 210 Å². The normalized spacial score (nSPS) is 12.5. The number of aliphatic imine (C=N–C) groups is 2.